The second-order valence-electron chi connectivity index (χ2n) is 11.0. The predicted octanol–water partition coefficient (Wildman–Crippen LogP) is 7.71. The first kappa shape index (κ1) is 26.4. The second-order valence-corrected chi connectivity index (χ2v) is 26.8. The minimum absolute atomic E-state index is 0.00684. The molecule has 0 saturated heterocycles. The Hall–Kier alpha value is -2.48. The molecule has 1 heterocycles. The third-order valence-corrected chi connectivity index (χ3v) is 23.0. The summed E-state index contributed by atoms with van der Waals surface area (Å²) in [5, 5.41) is 2.97. The van der Waals surface area contributed by atoms with Crippen molar-refractivity contribution in [3.05, 3.63) is 137 Å². The first-order chi connectivity index (χ1) is 19.5. The van der Waals surface area contributed by atoms with Crippen LogP contribution in [0.4, 0.5) is 0 Å². The zero-order chi connectivity index (χ0) is 27.4. The molecule has 4 heteroatoms. The Morgan fingerprint density at radius 3 is 2.23 bits per heavy atom. The average molecular weight is 653 g/mol. The minimum atomic E-state index is -4.09. The topological polar surface area (TPSA) is 0 Å². The molecule has 0 spiro atoms. The molecule has 1 unspecified atom stereocenters. The molecule has 5 aromatic rings. The Bertz CT molecular complexity index is 1810. The monoisotopic (exact) mass is 650 g/mol. The van der Waals surface area contributed by atoms with Crippen LogP contribution in [0.25, 0.3) is 33.9 Å². The van der Waals surface area contributed by atoms with Crippen molar-refractivity contribution in [3.63, 3.8) is 0 Å². The summed E-state index contributed by atoms with van der Waals surface area (Å²) in [5.74, 6) is 0. The van der Waals surface area contributed by atoms with Crippen LogP contribution in [-0.2, 0) is 24.3 Å². The van der Waals surface area contributed by atoms with Gasteiger partial charge < -0.3 is 0 Å². The molecule has 0 aromatic heterocycles. The molecule has 0 amide bonds. The van der Waals surface area contributed by atoms with Crippen LogP contribution in [0.5, 0.6) is 0 Å². The van der Waals surface area contributed by atoms with E-state index in [0.29, 0.717) is 0 Å². The van der Waals surface area contributed by atoms with Gasteiger partial charge in [0.15, 0.2) is 0 Å². The molecular formula is C36H30Cl2SiZr. The molecule has 7 rings (SSSR count). The van der Waals surface area contributed by atoms with Gasteiger partial charge >= 0.3 is 253 Å². The Kier molecular flexibility index (Phi) is 6.88. The number of hydrogen-bond acceptors (Lipinski definition) is 0. The standard InChI is InChI=1S/C24H21.C12H9Si.2ClH.Zr/c1-3-18-9-7-8-12-22(18)24-17(2)13-14-20-15-21(16-23(20)24)19-10-5-4-6-11-19;1-3-7-11-9(5-1)10-6-2-4-8-12(10)13-11;;;/h4-16H,3H2,1-2H3;1-7H,13H2;2*1H;/q;;;;+2/p-2. The summed E-state index contributed by atoms with van der Waals surface area (Å²) in [6, 6.07) is 39.8. The summed E-state index contributed by atoms with van der Waals surface area (Å²) in [6.07, 6.45) is 3.41. The summed E-state index contributed by atoms with van der Waals surface area (Å²) >= 11 is -4.09. The third-order valence-electron chi connectivity index (χ3n) is 8.76. The zero-order valence-electron chi connectivity index (χ0n) is 22.7. The first-order valence-corrected chi connectivity index (χ1v) is 24.5. The molecule has 0 fully saturated rings. The fourth-order valence-electron chi connectivity index (χ4n) is 6.88. The number of rotatable bonds is 5. The Labute approximate surface area is 251 Å². The Morgan fingerprint density at radius 1 is 0.725 bits per heavy atom. The van der Waals surface area contributed by atoms with E-state index < -0.39 is 27.4 Å². The van der Waals surface area contributed by atoms with E-state index in [9.17, 15) is 0 Å². The molecule has 0 N–H and O–H groups in total. The summed E-state index contributed by atoms with van der Waals surface area (Å²) in [7, 11) is 15.2. The number of halogens is 2. The zero-order valence-corrected chi connectivity index (χ0v) is 28.1. The summed E-state index contributed by atoms with van der Waals surface area (Å²) in [5.41, 5.74) is 13.1. The van der Waals surface area contributed by atoms with E-state index in [1.807, 2.05) is 0 Å². The van der Waals surface area contributed by atoms with Gasteiger partial charge in [-0.25, -0.2) is 0 Å². The van der Waals surface area contributed by atoms with Gasteiger partial charge in [-0.05, 0) is 0 Å². The van der Waals surface area contributed by atoms with Gasteiger partial charge in [0.25, 0.3) is 0 Å². The van der Waals surface area contributed by atoms with Gasteiger partial charge in [-0.3, -0.25) is 0 Å². The van der Waals surface area contributed by atoms with E-state index in [4.69, 9.17) is 17.0 Å². The van der Waals surface area contributed by atoms with Crippen LogP contribution in [0.2, 0.25) is 0 Å². The van der Waals surface area contributed by atoms with Crippen LogP contribution < -0.4 is 13.6 Å². The van der Waals surface area contributed by atoms with Gasteiger partial charge in [-0.1, -0.05) is 0 Å². The normalized spacial score (nSPS) is 16.0. The molecular weight excluding hydrogens is 623 g/mol. The number of aryl methyl sites for hydroxylation is 2. The van der Waals surface area contributed by atoms with E-state index in [2.05, 4.69) is 129 Å². The average Bonchev–Trinajstić information content (AvgIpc) is 3.57. The predicted molar refractivity (Wildman–Crippen MR) is 174 cm³/mol. The molecule has 0 nitrogen and oxygen atoms in total. The Balaban J connectivity index is 1.46. The number of hydrogen-bond donors (Lipinski definition) is 0. The van der Waals surface area contributed by atoms with Crippen LogP contribution in [0.15, 0.2) is 109 Å². The fourth-order valence-corrected chi connectivity index (χ4v) is 23.3. The van der Waals surface area contributed by atoms with Gasteiger partial charge in [-0.15, -0.1) is 0 Å². The van der Waals surface area contributed by atoms with Gasteiger partial charge in [0.2, 0.25) is 0 Å². The van der Waals surface area contributed by atoms with Crippen LogP contribution >= 0.6 is 17.0 Å². The Morgan fingerprint density at radius 2 is 1.43 bits per heavy atom. The SMILES string of the molecule is CCc1ccccc1-c1c(C)ccc2c1C=C(c1ccccc1)[CH]2[Zr]([Cl])([Cl])[c]1cccc2c1[SiH2]c1ccccc1-2. The van der Waals surface area contributed by atoms with Gasteiger partial charge in [0, 0.05) is 0 Å². The number of benzene rings is 5. The maximum atomic E-state index is 7.92. The van der Waals surface area contributed by atoms with Crippen molar-refractivity contribution < 1.29 is 17.9 Å². The molecule has 1 aliphatic carbocycles. The van der Waals surface area contributed by atoms with Crippen molar-refractivity contribution in [2.45, 2.75) is 23.9 Å². The summed E-state index contributed by atoms with van der Waals surface area (Å²) in [6.45, 7) is 4.47. The van der Waals surface area contributed by atoms with Crippen molar-refractivity contribution in [2.75, 3.05) is 0 Å². The van der Waals surface area contributed by atoms with Crippen LogP contribution in [0, 0.1) is 6.92 Å². The van der Waals surface area contributed by atoms with Crippen LogP contribution in [-0.4, -0.2) is 9.52 Å². The molecule has 0 saturated carbocycles. The number of allylic oxidation sites excluding steroid dienone is 1. The molecule has 1 aliphatic heterocycles. The summed E-state index contributed by atoms with van der Waals surface area (Å²) in [4.78, 5) is 0. The molecule has 5 aromatic carbocycles. The van der Waals surface area contributed by atoms with E-state index >= 15 is 0 Å². The second kappa shape index (κ2) is 10.4. The van der Waals surface area contributed by atoms with Gasteiger partial charge in [0.1, 0.15) is 0 Å². The van der Waals surface area contributed by atoms with Crippen molar-refractivity contribution >= 4 is 51.8 Å². The van der Waals surface area contributed by atoms with Gasteiger partial charge in [-0.2, -0.15) is 0 Å². The first-order valence-electron chi connectivity index (χ1n) is 14.1. The van der Waals surface area contributed by atoms with Gasteiger partial charge in [0.05, 0.1) is 0 Å². The molecule has 1 atom stereocenters. The van der Waals surface area contributed by atoms with Crippen molar-refractivity contribution in [2.24, 2.45) is 0 Å². The quantitative estimate of drug-likeness (QED) is 0.168. The van der Waals surface area contributed by atoms with Crippen molar-refractivity contribution in [3.8, 4) is 22.3 Å². The molecule has 40 heavy (non-hydrogen) atoms. The van der Waals surface area contributed by atoms with Crippen LogP contribution in [0.3, 0.4) is 0 Å². The van der Waals surface area contributed by atoms with E-state index in [-0.39, 0.29) is 3.63 Å². The van der Waals surface area contributed by atoms with Crippen molar-refractivity contribution in [1.29, 1.82) is 0 Å². The third kappa shape index (κ3) is 4.19. The maximum absolute atomic E-state index is 7.92. The molecule has 0 radical (unpaired) electrons. The number of fused-ring (bicyclic) bond motifs is 4. The molecule has 2 aliphatic rings. The molecule has 196 valence electrons. The fraction of sp³-hybridized carbons (Fsp3) is 0.111. The van der Waals surface area contributed by atoms with E-state index in [0.717, 1.165) is 6.42 Å². The molecule has 0 bridgehead atoms. The van der Waals surface area contributed by atoms with Crippen molar-refractivity contribution in [1.82, 2.24) is 0 Å². The van der Waals surface area contributed by atoms with E-state index in [1.165, 1.54) is 69.3 Å². The van der Waals surface area contributed by atoms with E-state index in [1.54, 1.807) is 0 Å². The van der Waals surface area contributed by atoms with Crippen LogP contribution in [0.1, 0.15) is 38.4 Å². The summed E-state index contributed by atoms with van der Waals surface area (Å²) < 4.78 is 1.28.